The van der Waals surface area contributed by atoms with Gasteiger partial charge in [-0.3, -0.25) is 9.59 Å². The topological polar surface area (TPSA) is 175 Å². The molecular weight excluding hydrogens is 1000 g/mol. The van der Waals surface area contributed by atoms with Gasteiger partial charge in [0.25, 0.3) is 0 Å². The summed E-state index contributed by atoms with van der Waals surface area (Å²) < 4.78 is 16.7. The molecule has 0 aromatic heterocycles. The number of hydrogen-bond acceptors (Lipinski definition) is 10. The number of carbonyl (C=O) groups excluding carboxylic acids is 2. The van der Waals surface area contributed by atoms with Gasteiger partial charge in [-0.05, 0) is 116 Å². The molecule has 0 aliphatic carbocycles. The number of rotatable bonds is 56. The molecule has 1 rings (SSSR count). The van der Waals surface area contributed by atoms with E-state index in [-0.39, 0.29) is 18.5 Å². The molecule has 1 amide bonds. The number of allylic oxidation sites excluding steroid dienone is 13. The van der Waals surface area contributed by atoms with Crippen LogP contribution in [0.1, 0.15) is 277 Å². The van der Waals surface area contributed by atoms with Gasteiger partial charge in [-0.15, -0.1) is 0 Å². The lowest BCUT2D eigenvalue weighted by molar-refractivity contribution is -0.302. The van der Waals surface area contributed by atoms with E-state index in [4.69, 9.17) is 14.2 Å². The van der Waals surface area contributed by atoms with Crippen LogP contribution < -0.4 is 5.32 Å². The third kappa shape index (κ3) is 46.3. The Bertz CT molecular complexity index is 1600. The quantitative estimate of drug-likeness (QED) is 0.0195. The molecule has 7 unspecified atom stereocenters. The van der Waals surface area contributed by atoms with E-state index in [9.17, 15) is 35.1 Å². The van der Waals surface area contributed by atoms with Crippen molar-refractivity contribution < 1.29 is 49.3 Å². The molecule has 0 aromatic rings. The Labute approximate surface area is 489 Å². The van der Waals surface area contributed by atoms with E-state index in [0.717, 1.165) is 89.9 Å². The molecular formula is C69H121NO10. The Kier molecular flexibility index (Phi) is 53.9. The molecule has 0 saturated carbocycles. The zero-order valence-electron chi connectivity index (χ0n) is 51.0. The number of carbonyl (C=O) groups is 2. The van der Waals surface area contributed by atoms with E-state index < -0.39 is 49.5 Å². The summed E-state index contributed by atoms with van der Waals surface area (Å²) in [7, 11) is 0. The van der Waals surface area contributed by atoms with Gasteiger partial charge in [0.2, 0.25) is 5.91 Å². The average molecular weight is 1120 g/mol. The van der Waals surface area contributed by atoms with Crippen LogP contribution in [0.15, 0.2) is 85.1 Å². The minimum Gasteiger partial charge on any atom is -0.466 e. The molecule has 80 heavy (non-hydrogen) atoms. The zero-order valence-corrected chi connectivity index (χ0v) is 51.0. The summed E-state index contributed by atoms with van der Waals surface area (Å²) in [4.78, 5) is 25.1. The lowest BCUT2D eigenvalue weighted by Crippen LogP contribution is -2.60. The molecule has 6 N–H and O–H groups in total. The van der Waals surface area contributed by atoms with E-state index in [0.29, 0.717) is 19.4 Å². The maximum Gasteiger partial charge on any atom is 0.305 e. The minimum atomic E-state index is -1.58. The maximum absolute atomic E-state index is 13.0. The number of amides is 1. The fourth-order valence-corrected chi connectivity index (χ4v) is 9.83. The normalized spacial score (nSPS) is 18.9. The predicted molar refractivity (Wildman–Crippen MR) is 333 cm³/mol. The first kappa shape index (κ1) is 74.9. The fourth-order valence-electron chi connectivity index (χ4n) is 9.83. The lowest BCUT2D eigenvalue weighted by atomic mass is 9.99. The molecule has 0 bridgehead atoms. The van der Waals surface area contributed by atoms with Crippen molar-refractivity contribution in [2.45, 2.75) is 320 Å². The van der Waals surface area contributed by atoms with Gasteiger partial charge in [0.05, 0.1) is 32.0 Å². The van der Waals surface area contributed by atoms with Crippen molar-refractivity contribution in [1.82, 2.24) is 5.32 Å². The van der Waals surface area contributed by atoms with Crippen LogP contribution in [0.2, 0.25) is 0 Å². The highest BCUT2D eigenvalue weighted by Crippen LogP contribution is 2.23. The number of unbranched alkanes of at least 4 members (excludes halogenated alkanes) is 31. The number of esters is 1. The van der Waals surface area contributed by atoms with Gasteiger partial charge in [0.15, 0.2) is 6.29 Å². The molecule has 1 aliphatic heterocycles. The van der Waals surface area contributed by atoms with E-state index >= 15 is 0 Å². The molecule has 462 valence electrons. The summed E-state index contributed by atoms with van der Waals surface area (Å²) in [6.45, 7) is 4.06. The number of ether oxygens (including phenoxy) is 3. The summed E-state index contributed by atoms with van der Waals surface area (Å²) in [5.41, 5.74) is 0. The average Bonchev–Trinajstić information content (AvgIpc) is 3.46. The Hall–Kier alpha value is -3.16. The molecule has 1 saturated heterocycles. The van der Waals surface area contributed by atoms with Crippen LogP contribution in [0.25, 0.3) is 0 Å². The van der Waals surface area contributed by atoms with Crippen LogP contribution in [0.4, 0.5) is 0 Å². The summed E-state index contributed by atoms with van der Waals surface area (Å²) >= 11 is 0. The van der Waals surface area contributed by atoms with Crippen molar-refractivity contribution in [3.8, 4) is 0 Å². The van der Waals surface area contributed by atoms with Gasteiger partial charge >= 0.3 is 5.97 Å². The SMILES string of the molecule is C/C=C/CC/C=C/CC/C=C/C(O)C(COC1OC(CO)C(O)C(O)C1O)NC(=O)CCCCCCCCCCCCC/C=C\C/C=C\CCCCCCCCCCCOC(=O)CCCCCCC/C=C\C/C=C\CCCCCC. The second-order valence-electron chi connectivity index (χ2n) is 22.5. The third-order valence-corrected chi connectivity index (χ3v) is 15.0. The summed E-state index contributed by atoms with van der Waals surface area (Å²) in [5.74, 6) is -0.218. The van der Waals surface area contributed by atoms with Crippen molar-refractivity contribution in [3.63, 3.8) is 0 Å². The van der Waals surface area contributed by atoms with Crippen molar-refractivity contribution in [2.75, 3.05) is 19.8 Å². The van der Waals surface area contributed by atoms with Crippen LogP contribution >= 0.6 is 0 Å². The molecule has 7 atom stereocenters. The maximum atomic E-state index is 13.0. The van der Waals surface area contributed by atoms with Crippen molar-refractivity contribution in [3.05, 3.63) is 85.1 Å². The largest absolute Gasteiger partial charge is 0.466 e. The van der Waals surface area contributed by atoms with Gasteiger partial charge in [-0.2, -0.15) is 0 Å². The Morgan fingerprint density at radius 1 is 0.487 bits per heavy atom. The van der Waals surface area contributed by atoms with Crippen LogP contribution in [0, 0.1) is 0 Å². The standard InChI is InChI=1S/C69H121NO10/c1-3-5-7-9-11-13-14-15-16-31-34-37-41-45-49-53-57-65(74)78-58-54-50-46-42-38-35-32-29-27-25-23-21-19-17-18-20-22-24-26-28-30-33-36-40-44-48-52-56-64(73)70-61(62(72)55-51-47-43-39-12-10-8-6-4-2)60-79-69-68(77)67(76)66(75)63(59-71)80-69/h4,6,12-14,16-18,21,23,31,39,51,55,61-63,66-69,71-72,75-77H,3,5,7-11,15,19-20,22,24-30,32-38,40-50,52-54,56-60H2,1-2H3,(H,70,73)/b6-4+,14-13-,18-17-,23-21-,31-16-,39-12+,55-51+. The summed E-state index contributed by atoms with van der Waals surface area (Å²) in [6.07, 6.45) is 68.8. The summed E-state index contributed by atoms with van der Waals surface area (Å²) in [5, 5.41) is 54.2. The molecule has 11 nitrogen and oxygen atoms in total. The van der Waals surface area contributed by atoms with Gasteiger partial charge in [0, 0.05) is 12.8 Å². The van der Waals surface area contributed by atoms with Crippen LogP contribution in [0.5, 0.6) is 0 Å². The zero-order chi connectivity index (χ0) is 58.0. The van der Waals surface area contributed by atoms with E-state index in [1.54, 1.807) is 6.08 Å². The molecule has 1 aliphatic rings. The Morgan fingerprint density at radius 3 is 1.38 bits per heavy atom. The number of aliphatic hydroxyl groups excluding tert-OH is 5. The monoisotopic (exact) mass is 1120 g/mol. The third-order valence-electron chi connectivity index (χ3n) is 15.0. The van der Waals surface area contributed by atoms with Crippen LogP contribution in [-0.2, 0) is 23.8 Å². The van der Waals surface area contributed by atoms with E-state index in [2.05, 4.69) is 79.1 Å². The molecule has 11 heteroatoms. The first-order valence-corrected chi connectivity index (χ1v) is 32.8. The Balaban J connectivity index is 1.97. The Morgan fingerprint density at radius 2 is 0.900 bits per heavy atom. The highest BCUT2D eigenvalue weighted by molar-refractivity contribution is 5.76. The van der Waals surface area contributed by atoms with Crippen LogP contribution in [-0.4, -0.2) is 100 Å². The minimum absolute atomic E-state index is 0.0140. The molecule has 0 spiro atoms. The van der Waals surface area contributed by atoms with Crippen LogP contribution in [0.3, 0.4) is 0 Å². The summed E-state index contributed by atoms with van der Waals surface area (Å²) in [6, 6.07) is -0.838. The van der Waals surface area contributed by atoms with Crippen molar-refractivity contribution >= 4 is 11.9 Å². The molecule has 1 fully saturated rings. The highest BCUT2D eigenvalue weighted by atomic mass is 16.7. The highest BCUT2D eigenvalue weighted by Gasteiger charge is 2.44. The molecule has 0 aromatic carbocycles. The fraction of sp³-hybridized carbons (Fsp3) is 0.768. The number of hydrogen-bond donors (Lipinski definition) is 6. The van der Waals surface area contributed by atoms with Crippen molar-refractivity contribution in [1.29, 1.82) is 0 Å². The number of nitrogens with one attached hydrogen (secondary N) is 1. The first-order chi connectivity index (χ1) is 39.2. The van der Waals surface area contributed by atoms with Crippen molar-refractivity contribution in [2.24, 2.45) is 0 Å². The second-order valence-corrected chi connectivity index (χ2v) is 22.5. The lowest BCUT2D eigenvalue weighted by Gasteiger charge is -2.40. The molecule has 1 heterocycles. The predicted octanol–water partition coefficient (Wildman–Crippen LogP) is 16.1. The molecule has 0 radical (unpaired) electrons. The van der Waals surface area contributed by atoms with Gasteiger partial charge in [-0.1, -0.05) is 233 Å². The van der Waals surface area contributed by atoms with Gasteiger partial charge < -0.3 is 45.1 Å². The first-order valence-electron chi connectivity index (χ1n) is 32.8. The van der Waals surface area contributed by atoms with Gasteiger partial charge in [0.1, 0.15) is 24.4 Å². The van der Waals surface area contributed by atoms with Gasteiger partial charge in [-0.25, -0.2) is 0 Å². The van der Waals surface area contributed by atoms with E-state index in [1.165, 1.54) is 161 Å². The number of aliphatic hydroxyl groups is 5. The van der Waals surface area contributed by atoms with E-state index in [1.807, 2.05) is 19.1 Å². The smallest absolute Gasteiger partial charge is 0.305 e. The second kappa shape index (κ2) is 57.6.